The van der Waals surface area contributed by atoms with Gasteiger partial charge in [-0.2, -0.15) is 0 Å². The van der Waals surface area contributed by atoms with Crippen LogP contribution in [0.4, 0.5) is 19.0 Å². The van der Waals surface area contributed by atoms with Gasteiger partial charge in [-0.25, -0.2) is 9.78 Å². The van der Waals surface area contributed by atoms with E-state index < -0.39 is 12.3 Å². The zero-order valence-corrected chi connectivity index (χ0v) is 14.4. The van der Waals surface area contributed by atoms with Crippen molar-refractivity contribution in [3.63, 3.8) is 0 Å². The summed E-state index contributed by atoms with van der Waals surface area (Å²) in [5, 5.41) is 12.1. The van der Waals surface area contributed by atoms with E-state index in [9.17, 15) is 18.0 Å². The van der Waals surface area contributed by atoms with Gasteiger partial charge in [0.25, 0.3) is 0 Å². The maximum atomic E-state index is 12.3. The van der Waals surface area contributed by atoms with Gasteiger partial charge in [-0.15, -0.1) is 13.2 Å². The van der Waals surface area contributed by atoms with Gasteiger partial charge in [-0.05, 0) is 47.5 Å². The molecule has 1 heterocycles. The van der Waals surface area contributed by atoms with E-state index >= 15 is 0 Å². The zero-order chi connectivity index (χ0) is 20.1. The van der Waals surface area contributed by atoms with E-state index in [0.717, 1.165) is 11.1 Å². The largest absolute Gasteiger partial charge is 0.573 e. The minimum atomic E-state index is -4.73. The minimum Gasteiger partial charge on any atom is -0.478 e. The lowest BCUT2D eigenvalue weighted by atomic mass is 10.0. The van der Waals surface area contributed by atoms with Crippen LogP contribution < -0.4 is 10.1 Å². The first-order valence-corrected chi connectivity index (χ1v) is 8.18. The van der Waals surface area contributed by atoms with Crippen molar-refractivity contribution in [1.82, 2.24) is 4.98 Å². The molecule has 8 heteroatoms. The SMILES string of the molecule is O=C(O)c1cccc(-c2ccc(NCc3cccc(OC(F)(F)F)c3)nc2)c1. The van der Waals surface area contributed by atoms with Crippen LogP contribution >= 0.6 is 0 Å². The Labute approximate surface area is 158 Å². The molecule has 144 valence electrons. The number of rotatable bonds is 6. The molecule has 3 aromatic rings. The van der Waals surface area contributed by atoms with Gasteiger partial charge in [0.05, 0.1) is 5.56 Å². The Hall–Kier alpha value is -3.55. The summed E-state index contributed by atoms with van der Waals surface area (Å²) in [6, 6.07) is 15.7. The van der Waals surface area contributed by atoms with Crippen molar-refractivity contribution >= 4 is 11.8 Å². The van der Waals surface area contributed by atoms with Crippen LogP contribution in [0.25, 0.3) is 11.1 Å². The smallest absolute Gasteiger partial charge is 0.478 e. The van der Waals surface area contributed by atoms with E-state index in [1.807, 2.05) is 0 Å². The number of hydrogen-bond acceptors (Lipinski definition) is 4. The molecule has 0 atom stereocenters. The second-order valence-electron chi connectivity index (χ2n) is 5.87. The van der Waals surface area contributed by atoms with Crippen molar-refractivity contribution in [2.45, 2.75) is 12.9 Å². The van der Waals surface area contributed by atoms with Gasteiger partial charge in [0.2, 0.25) is 0 Å². The van der Waals surface area contributed by atoms with Crippen molar-refractivity contribution < 1.29 is 27.8 Å². The van der Waals surface area contributed by atoms with Crippen LogP contribution in [0, 0.1) is 0 Å². The fourth-order valence-corrected chi connectivity index (χ4v) is 2.55. The van der Waals surface area contributed by atoms with Crippen LogP contribution in [0.2, 0.25) is 0 Å². The van der Waals surface area contributed by atoms with Gasteiger partial charge >= 0.3 is 12.3 Å². The molecule has 0 unspecified atom stereocenters. The number of ether oxygens (including phenoxy) is 1. The molecule has 2 N–H and O–H groups in total. The van der Waals surface area contributed by atoms with E-state index in [2.05, 4.69) is 15.0 Å². The summed E-state index contributed by atoms with van der Waals surface area (Å²) in [6.07, 6.45) is -3.14. The quantitative estimate of drug-likeness (QED) is 0.625. The number of aromatic nitrogens is 1. The Kier molecular flexibility index (Phi) is 5.49. The first-order chi connectivity index (χ1) is 13.3. The lowest BCUT2D eigenvalue weighted by Gasteiger charge is -2.11. The highest BCUT2D eigenvalue weighted by Crippen LogP contribution is 2.24. The number of aromatic carboxylic acids is 1. The third kappa shape index (κ3) is 5.23. The molecular formula is C20H15F3N2O3. The van der Waals surface area contributed by atoms with E-state index in [-0.39, 0.29) is 17.9 Å². The minimum absolute atomic E-state index is 0.181. The highest BCUT2D eigenvalue weighted by molar-refractivity contribution is 5.89. The molecular weight excluding hydrogens is 373 g/mol. The van der Waals surface area contributed by atoms with Crippen molar-refractivity contribution in [3.8, 4) is 16.9 Å². The molecule has 0 radical (unpaired) electrons. The fraction of sp³-hybridized carbons (Fsp3) is 0.100. The van der Waals surface area contributed by atoms with Crippen LogP contribution in [0.1, 0.15) is 15.9 Å². The van der Waals surface area contributed by atoms with Gasteiger partial charge in [-0.3, -0.25) is 0 Å². The number of halogens is 3. The molecule has 5 nitrogen and oxygen atoms in total. The number of alkyl halides is 3. The monoisotopic (exact) mass is 388 g/mol. The Morgan fingerprint density at radius 1 is 1.04 bits per heavy atom. The first-order valence-electron chi connectivity index (χ1n) is 8.18. The van der Waals surface area contributed by atoms with E-state index in [1.54, 1.807) is 42.6 Å². The number of hydrogen-bond donors (Lipinski definition) is 2. The molecule has 3 rings (SSSR count). The van der Waals surface area contributed by atoms with E-state index in [4.69, 9.17) is 5.11 Å². The molecule has 0 aliphatic heterocycles. The molecule has 0 amide bonds. The molecule has 0 fully saturated rings. The van der Waals surface area contributed by atoms with Crippen molar-refractivity contribution in [2.24, 2.45) is 0 Å². The van der Waals surface area contributed by atoms with Gasteiger partial charge < -0.3 is 15.2 Å². The predicted octanol–water partition coefficient (Wildman–Crippen LogP) is 4.96. The number of carbonyl (C=O) groups is 1. The van der Waals surface area contributed by atoms with Crippen molar-refractivity contribution in [2.75, 3.05) is 5.32 Å². The number of carboxylic acid groups (broad SMARTS) is 1. The number of anilines is 1. The standard InChI is InChI=1S/C20H15F3N2O3/c21-20(22,23)28-17-6-1-3-13(9-17)11-24-18-8-7-16(12-25-18)14-4-2-5-15(10-14)19(26)27/h1-10,12H,11H2,(H,24,25)(H,26,27). The second-order valence-corrected chi connectivity index (χ2v) is 5.87. The Morgan fingerprint density at radius 2 is 1.82 bits per heavy atom. The summed E-state index contributed by atoms with van der Waals surface area (Å²) in [4.78, 5) is 15.3. The maximum absolute atomic E-state index is 12.3. The Morgan fingerprint density at radius 3 is 2.50 bits per heavy atom. The van der Waals surface area contributed by atoms with Crippen LogP contribution in [-0.4, -0.2) is 22.4 Å². The van der Waals surface area contributed by atoms with Crippen LogP contribution in [0.15, 0.2) is 66.9 Å². The molecule has 1 aromatic heterocycles. The number of benzene rings is 2. The molecule has 0 spiro atoms. The van der Waals surface area contributed by atoms with Crippen molar-refractivity contribution in [3.05, 3.63) is 78.0 Å². The third-order valence-corrected chi connectivity index (χ3v) is 3.81. The lowest BCUT2D eigenvalue weighted by molar-refractivity contribution is -0.274. The summed E-state index contributed by atoms with van der Waals surface area (Å²) in [5.74, 6) is -0.765. The summed E-state index contributed by atoms with van der Waals surface area (Å²) in [5.41, 5.74) is 2.24. The zero-order valence-electron chi connectivity index (χ0n) is 14.4. The number of nitrogens with one attached hydrogen (secondary N) is 1. The molecule has 2 aromatic carbocycles. The lowest BCUT2D eigenvalue weighted by Crippen LogP contribution is -2.17. The first kappa shape index (κ1) is 19.2. The molecule has 0 aliphatic carbocycles. The Bertz CT molecular complexity index is 973. The normalized spacial score (nSPS) is 11.1. The predicted molar refractivity (Wildman–Crippen MR) is 97.1 cm³/mol. The molecule has 0 aliphatic rings. The highest BCUT2D eigenvalue weighted by atomic mass is 19.4. The Balaban J connectivity index is 1.66. The highest BCUT2D eigenvalue weighted by Gasteiger charge is 2.31. The molecule has 0 saturated heterocycles. The molecule has 0 saturated carbocycles. The number of pyridine rings is 1. The van der Waals surface area contributed by atoms with Crippen LogP contribution in [-0.2, 0) is 6.54 Å². The van der Waals surface area contributed by atoms with Crippen LogP contribution in [0.5, 0.6) is 5.75 Å². The van der Waals surface area contributed by atoms with Crippen LogP contribution in [0.3, 0.4) is 0 Å². The van der Waals surface area contributed by atoms with Gasteiger partial charge in [-0.1, -0.05) is 24.3 Å². The average Bonchev–Trinajstić information content (AvgIpc) is 2.66. The summed E-state index contributed by atoms with van der Waals surface area (Å²) in [6.45, 7) is 0.260. The fourth-order valence-electron chi connectivity index (χ4n) is 2.55. The summed E-state index contributed by atoms with van der Waals surface area (Å²) < 4.78 is 40.8. The molecule has 28 heavy (non-hydrogen) atoms. The van der Waals surface area contributed by atoms with Crippen molar-refractivity contribution in [1.29, 1.82) is 0 Å². The van der Waals surface area contributed by atoms with E-state index in [0.29, 0.717) is 11.4 Å². The van der Waals surface area contributed by atoms with Gasteiger partial charge in [0, 0.05) is 18.3 Å². The number of nitrogens with zero attached hydrogens (tertiary/aromatic N) is 1. The average molecular weight is 388 g/mol. The third-order valence-electron chi connectivity index (χ3n) is 3.81. The number of carboxylic acids is 1. The maximum Gasteiger partial charge on any atom is 0.573 e. The summed E-state index contributed by atoms with van der Waals surface area (Å²) in [7, 11) is 0. The second kappa shape index (κ2) is 7.99. The van der Waals surface area contributed by atoms with Gasteiger partial charge in [0.15, 0.2) is 0 Å². The van der Waals surface area contributed by atoms with Gasteiger partial charge in [0.1, 0.15) is 11.6 Å². The van der Waals surface area contributed by atoms with E-state index in [1.165, 1.54) is 24.3 Å². The molecule has 0 bridgehead atoms. The summed E-state index contributed by atoms with van der Waals surface area (Å²) >= 11 is 0. The topological polar surface area (TPSA) is 71.5 Å².